The van der Waals surface area contributed by atoms with Gasteiger partial charge >= 0.3 is 5.97 Å². The standard InChI is InChI=1S/C14H21BrN2O2S/c1-4-19-14(18)12(17-10(2)3)7-8-20-13-6-5-11(15)9-16-13/h5-6,9-10,12,17H,4,7-8H2,1-3H3. The maximum absolute atomic E-state index is 11.8. The molecule has 4 nitrogen and oxygen atoms in total. The molecule has 6 heteroatoms. The lowest BCUT2D eigenvalue weighted by Crippen LogP contribution is -2.42. The molecule has 0 aliphatic rings. The summed E-state index contributed by atoms with van der Waals surface area (Å²) < 4.78 is 6.06. The molecule has 20 heavy (non-hydrogen) atoms. The fourth-order valence-electron chi connectivity index (χ4n) is 1.64. The van der Waals surface area contributed by atoms with Crippen molar-refractivity contribution in [1.82, 2.24) is 10.3 Å². The second-order valence-electron chi connectivity index (χ2n) is 4.58. The number of hydrogen-bond donors (Lipinski definition) is 1. The van der Waals surface area contributed by atoms with Gasteiger partial charge in [-0.2, -0.15) is 0 Å². The Morgan fingerprint density at radius 1 is 1.50 bits per heavy atom. The van der Waals surface area contributed by atoms with Crippen LogP contribution in [0.5, 0.6) is 0 Å². The summed E-state index contributed by atoms with van der Waals surface area (Å²) in [6, 6.07) is 3.92. The number of rotatable bonds is 8. The zero-order chi connectivity index (χ0) is 15.0. The average Bonchev–Trinajstić information content (AvgIpc) is 2.39. The first-order valence-electron chi connectivity index (χ1n) is 6.70. The van der Waals surface area contributed by atoms with Crippen molar-refractivity contribution < 1.29 is 9.53 Å². The van der Waals surface area contributed by atoms with E-state index in [-0.39, 0.29) is 18.1 Å². The largest absolute Gasteiger partial charge is 0.465 e. The fourth-order valence-corrected chi connectivity index (χ4v) is 2.73. The van der Waals surface area contributed by atoms with Crippen LogP contribution in [0.15, 0.2) is 27.8 Å². The van der Waals surface area contributed by atoms with E-state index in [1.807, 2.05) is 32.9 Å². The van der Waals surface area contributed by atoms with Gasteiger partial charge in [-0.25, -0.2) is 4.98 Å². The highest BCUT2D eigenvalue weighted by Crippen LogP contribution is 2.19. The average molecular weight is 361 g/mol. The Morgan fingerprint density at radius 2 is 2.25 bits per heavy atom. The van der Waals surface area contributed by atoms with Gasteiger partial charge < -0.3 is 10.1 Å². The number of thioether (sulfide) groups is 1. The van der Waals surface area contributed by atoms with Gasteiger partial charge in [0.25, 0.3) is 0 Å². The number of nitrogens with one attached hydrogen (secondary N) is 1. The molecule has 0 saturated carbocycles. The van der Waals surface area contributed by atoms with Gasteiger partial charge in [-0.1, -0.05) is 13.8 Å². The number of esters is 1. The lowest BCUT2D eigenvalue weighted by atomic mass is 10.2. The topological polar surface area (TPSA) is 51.2 Å². The van der Waals surface area contributed by atoms with Crippen molar-refractivity contribution in [3.63, 3.8) is 0 Å². The van der Waals surface area contributed by atoms with Crippen LogP contribution in [-0.2, 0) is 9.53 Å². The molecular weight excluding hydrogens is 340 g/mol. The smallest absolute Gasteiger partial charge is 0.323 e. The van der Waals surface area contributed by atoms with Crippen molar-refractivity contribution in [2.75, 3.05) is 12.4 Å². The van der Waals surface area contributed by atoms with Crippen LogP contribution >= 0.6 is 27.7 Å². The van der Waals surface area contributed by atoms with Crippen LogP contribution in [0.1, 0.15) is 27.2 Å². The highest BCUT2D eigenvalue weighted by atomic mass is 79.9. The van der Waals surface area contributed by atoms with E-state index < -0.39 is 0 Å². The number of pyridine rings is 1. The summed E-state index contributed by atoms with van der Waals surface area (Å²) in [6.45, 7) is 6.28. The first-order chi connectivity index (χ1) is 9.52. The minimum atomic E-state index is -0.252. The molecule has 1 heterocycles. The number of nitrogens with zero attached hydrogens (tertiary/aromatic N) is 1. The third kappa shape index (κ3) is 6.72. The van der Waals surface area contributed by atoms with E-state index in [0.29, 0.717) is 6.61 Å². The Bertz CT molecular complexity index is 412. The first kappa shape index (κ1) is 17.5. The molecule has 1 rings (SSSR count). The maximum atomic E-state index is 11.8. The molecular formula is C14H21BrN2O2S. The quantitative estimate of drug-likeness (QED) is 0.569. The Balaban J connectivity index is 2.45. The van der Waals surface area contributed by atoms with Gasteiger partial charge in [0.2, 0.25) is 0 Å². The van der Waals surface area contributed by atoms with Crippen molar-refractivity contribution in [2.45, 2.75) is 44.3 Å². The van der Waals surface area contributed by atoms with Gasteiger partial charge in [0.15, 0.2) is 0 Å². The predicted molar refractivity (Wildman–Crippen MR) is 86.0 cm³/mol. The third-order valence-corrected chi connectivity index (χ3v) is 3.91. The van der Waals surface area contributed by atoms with Crippen LogP contribution < -0.4 is 5.32 Å². The molecule has 0 fully saturated rings. The van der Waals surface area contributed by atoms with Gasteiger partial charge in [0.1, 0.15) is 6.04 Å². The van der Waals surface area contributed by atoms with E-state index >= 15 is 0 Å². The van der Waals surface area contributed by atoms with Crippen molar-refractivity contribution in [3.8, 4) is 0 Å². The van der Waals surface area contributed by atoms with E-state index in [1.165, 1.54) is 0 Å². The predicted octanol–water partition coefficient (Wildman–Crippen LogP) is 3.26. The summed E-state index contributed by atoms with van der Waals surface area (Å²) in [4.78, 5) is 16.1. The van der Waals surface area contributed by atoms with Crippen LogP contribution in [0.25, 0.3) is 0 Å². The molecule has 0 bridgehead atoms. The van der Waals surface area contributed by atoms with Gasteiger partial charge in [0, 0.05) is 22.5 Å². The Morgan fingerprint density at radius 3 is 2.80 bits per heavy atom. The number of carbonyl (C=O) groups excluding carboxylic acids is 1. The molecule has 0 radical (unpaired) electrons. The number of halogens is 1. The van der Waals surface area contributed by atoms with Crippen molar-refractivity contribution in [3.05, 3.63) is 22.8 Å². The SMILES string of the molecule is CCOC(=O)C(CCSc1ccc(Br)cn1)NC(C)C. The molecule has 1 aromatic rings. The number of ether oxygens (including phenoxy) is 1. The third-order valence-electron chi connectivity index (χ3n) is 2.46. The Kier molecular flexibility index (Phi) is 8.18. The van der Waals surface area contributed by atoms with E-state index in [4.69, 9.17) is 4.74 Å². The molecule has 112 valence electrons. The summed E-state index contributed by atoms with van der Waals surface area (Å²) in [5, 5.41) is 4.20. The lowest BCUT2D eigenvalue weighted by molar-refractivity contribution is -0.145. The fraction of sp³-hybridized carbons (Fsp3) is 0.571. The van der Waals surface area contributed by atoms with Gasteiger partial charge in [-0.05, 0) is 41.4 Å². The van der Waals surface area contributed by atoms with Crippen LogP contribution in [-0.4, -0.2) is 35.4 Å². The van der Waals surface area contributed by atoms with Crippen LogP contribution in [0.2, 0.25) is 0 Å². The maximum Gasteiger partial charge on any atom is 0.323 e. The summed E-state index contributed by atoms with van der Waals surface area (Å²) >= 11 is 5.00. The normalized spacial score (nSPS) is 12.4. The molecule has 1 unspecified atom stereocenters. The summed E-state index contributed by atoms with van der Waals surface area (Å²) in [7, 11) is 0. The molecule has 1 aromatic heterocycles. The highest BCUT2D eigenvalue weighted by Gasteiger charge is 2.20. The van der Waals surface area contributed by atoms with Gasteiger partial charge in [0.05, 0.1) is 11.6 Å². The van der Waals surface area contributed by atoms with Gasteiger partial charge in [-0.15, -0.1) is 11.8 Å². The minimum absolute atomic E-state index is 0.175. The van der Waals surface area contributed by atoms with E-state index in [1.54, 1.807) is 18.0 Å². The number of aromatic nitrogens is 1. The first-order valence-corrected chi connectivity index (χ1v) is 8.47. The van der Waals surface area contributed by atoms with Crippen LogP contribution in [0.4, 0.5) is 0 Å². The van der Waals surface area contributed by atoms with Crippen LogP contribution in [0.3, 0.4) is 0 Å². The second-order valence-corrected chi connectivity index (χ2v) is 6.61. The van der Waals surface area contributed by atoms with Crippen molar-refractivity contribution in [1.29, 1.82) is 0 Å². The van der Waals surface area contributed by atoms with Crippen molar-refractivity contribution >= 4 is 33.7 Å². The molecule has 1 atom stereocenters. The molecule has 0 aromatic carbocycles. The van der Waals surface area contributed by atoms with Crippen molar-refractivity contribution in [2.24, 2.45) is 0 Å². The molecule has 0 aliphatic heterocycles. The summed E-state index contributed by atoms with van der Waals surface area (Å²) in [5.74, 6) is 0.642. The van der Waals surface area contributed by atoms with Gasteiger partial charge in [-0.3, -0.25) is 4.79 Å². The Hall–Kier alpha value is -0.590. The minimum Gasteiger partial charge on any atom is -0.465 e. The Labute approximate surface area is 133 Å². The number of carbonyl (C=O) groups is 1. The van der Waals surface area contributed by atoms with Crippen LogP contribution in [0, 0.1) is 0 Å². The summed E-state index contributed by atoms with van der Waals surface area (Å²) in [5.41, 5.74) is 0. The monoisotopic (exact) mass is 360 g/mol. The highest BCUT2D eigenvalue weighted by molar-refractivity contribution is 9.10. The zero-order valence-corrected chi connectivity index (χ0v) is 14.5. The molecule has 0 aliphatic carbocycles. The van der Waals surface area contributed by atoms with E-state index in [2.05, 4.69) is 26.2 Å². The molecule has 1 N–H and O–H groups in total. The van der Waals surface area contributed by atoms with E-state index in [0.717, 1.165) is 21.7 Å². The van der Waals surface area contributed by atoms with E-state index in [9.17, 15) is 4.79 Å². The second kappa shape index (κ2) is 9.37. The molecule has 0 amide bonds. The summed E-state index contributed by atoms with van der Waals surface area (Å²) in [6.07, 6.45) is 2.50. The number of hydrogen-bond acceptors (Lipinski definition) is 5. The molecule has 0 spiro atoms. The molecule has 0 saturated heterocycles. The zero-order valence-electron chi connectivity index (χ0n) is 12.1. The lowest BCUT2D eigenvalue weighted by Gasteiger charge is -2.19.